The van der Waals surface area contributed by atoms with Crippen molar-refractivity contribution < 1.29 is 0 Å². The van der Waals surface area contributed by atoms with E-state index in [2.05, 4.69) is 84.7 Å². The van der Waals surface area contributed by atoms with Crippen LogP contribution in [-0.4, -0.2) is 4.98 Å². The Labute approximate surface area is 163 Å². The van der Waals surface area contributed by atoms with Crippen LogP contribution in [0, 0.1) is 6.92 Å². The molecule has 0 bridgehead atoms. The smallest absolute Gasteiger partial charge is 0.0480 e. The molecule has 0 spiro atoms. The first-order valence-corrected chi connectivity index (χ1v) is 9.44. The zero-order valence-electron chi connectivity index (χ0n) is 15.0. The van der Waals surface area contributed by atoms with E-state index in [0.29, 0.717) is 0 Å². The molecule has 0 amide bonds. The summed E-state index contributed by atoms with van der Waals surface area (Å²) in [5.74, 6) is 0. The van der Waals surface area contributed by atoms with Crippen molar-refractivity contribution >= 4 is 33.4 Å². The lowest BCUT2D eigenvalue weighted by Gasteiger charge is -2.10. The third kappa shape index (κ3) is 2.81. The third-order valence-electron chi connectivity index (χ3n) is 5.09. The van der Waals surface area contributed by atoms with Crippen molar-refractivity contribution in [3.05, 3.63) is 95.5 Å². The zero-order valence-corrected chi connectivity index (χ0v) is 15.7. The Kier molecular flexibility index (Phi) is 3.77. The lowest BCUT2D eigenvalue weighted by Crippen LogP contribution is -1.85. The van der Waals surface area contributed by atoms with Gasteiger partial charge in [-0.2, -0.15) is 0 Å². The van der Waals surface area contributed by atoms with Gasteiger partial charge >= 0.3 is 0 Å². The van der Waals surface area contributed by atoms with Gasteiger partial charge in [-0.3, -0.25) is 0 Å². The Morgan fingerprint density at radius 3 is 2.30 bits per heavy atom. The summed E-state index contributed by atoms with van der Waals surface area (Å²) in [5.41, 5.74) is 8.35. The topological polar surface area (TPSA) is 15.8 Å². The number of rotatable bonds is 2. The van der Waals surface area contributed by atoms with Gasteiger partial charge in [0.25, 0.3) is 0 Å². The summed E-state index contributed by atoms with van der Waals surface area (Å²) in [7, 11) is 0. The van der Waals surface area contributed by atoms with Gasteiger partial charge in [0.15, 0.2) is 0 Å². The fraction of sp³-hybridized carbons (Fsp3) is 0.0400. The van der Waals surface area contributed by atoms with E-state index in [9.17, 15) is 0 Å². The number of hydrogen-bond acceptors (Lipinski definition) is 0. The molecule has 0 aliphatic rings. The lowest BCUT2D eigenvalue weighted by molar-refractivity contribution is 1.47. The molecule has 0 unspecified atom stereocenters. The highest BCUT2D eigenvalue weighted by Crippen LogP contribution is 2.38. The number of halogens is 1. The molecule has 4 aromatic carbocycles. The average Bonchev–Trinajstić information content (AvgIpc) is 3.05. The molecule has 1 heterocycles. The molecular formula is C25H18ClN. The highest BCUT2D eigenvalue weighted by atomic mass is 35.5. The molecule has 2 heteroatoms. The number of aryl methyl sites for hydroxylation is 1. The predicted molar refractivity (Wildman–Crippen MR) is 116 cm³/mol. The molecule has 0 aliphatic heterocycles. The average molecular weight is 368 g/mol. The van der Waals surface area contributed by atoms with Gasteiger partial charge in [0.05, 0.1) is 0 Å². The molecule has 0 saturated heterocycles. The lowest BCUT2D eigenvalue weighted by atomic mass is 9.94. The fourth-order valence-electron chi connectivity index (χ4n) is 3.85. The maximum Gasteiger partial charge on any atom is 0.0480 e. The third-order valence-corrected chi connectivity index (χ3v) is 5.33. The fourth-order valence-corrected chi connectivity index (χ4v) is 4.02. The van der Waals surface area contributed by atoms with Crippen LogP contribution < -0.4 is 0 Å². The summed E-state index contributed by atoms with van der Waals surface area (Å²) in [6.07, 6.45) is 0. The summed E-state index contributed by atoms with van der Waals surface area (Å²) < 4.78 is 0. The highest BCUT2D eigenvalue weighted by Gasteiger charge is 2.13. The van der Waals surface area contributed by atoms with E-state index in [-0.39, 0.29) is 0 Å². The monoisotopic (exact) mass is 367 g/mol. The van der Waals surface area contributed by atoms with Gasteiger partial charge in [-0.05, 0) is 53.4 Å². The van der Waals surface area contributed by atoms with Gasteiger partial charge in [0, 0.05) is 26.8 Å². The van der Waals surface area contributed by atoms with E-state index < -0.39 is 0 Å². The normalized spacial score (nSPS) is 11.3. The molecule has 1 N–H and O–H groups in total. The van der Waals surface area contributed by atoms with Crippen LogP contribution in [-0.2, 0) is 0 Å². The van der Waals surface area contributed by atoms with Crippen LogP contribution in [0.25, 0.3) is 44.1 Å². The maximum absolute atomic E-state index is 6.23. The first-order chi connectivity index (χ1) is 13.2. The SMILES string of the molecule is Cc1cccc(-c2cc(-c3ccccc3)c3c(c2)[nH]c2cc(Cl)ccc23)c1. The Morgan fingerprint density at radius 2 is 1.48 bits per heavy atom. The van der Waals surface area contributed by atoms with Crippen molar-refractivity contribution in [2.75, 3.05) is 0 Å². The molecule has 0 radical (unpaired) electrons. The largest absolute Gasteiger partial charge is 0.354 e. The summed E-state index contributed by atoms with van der Waals surface area (Å²) >= 11 is 6.23. The van der Waals surface area contributed by atoms with Crippen molar-refractivity contribution in [3.63, 3.8) is 0 Å². The van der Waals surface area contributed by atoms with Gasteiger partial charge in [0.1, 0.15) is 0 Å². The van der Waals surface area contributed by atoms with E-state index in [1.807, 2.05) is 12.1 Å². The van der Waals surface area contributed by atoms with Crippen LogP contribution in [0.5, 0.6) is 0 Å². The second-order valence-electron chi connectivity index (χ2n) is 7.00. The molecule has 5 rings (SSSR count). The quantitative estimate of drug-likeness (QED) is 0.330. The Hall–Kier alpha value is -3.03. The minimum atomic E-state index is 0.745. The molecule has 130 valence electrons. The number of aromatic amines is 1. The molecule has 5 aromatic rings. The Balaban J connectivity index is 1.89. The van der Waals surface area contributed by atoms with E-state index in [1.165, 1.54) is 38.6 Å². The first kappa shape index (κ1) is 16.2. The number of benzene rings is 4. The second kappa shape index (κ2) is 6.29. The van der Waals surface area contributed by atoms with Gasteiger partial charge in [-0.1, -0.05) is 77.8 Å². The van der Waals surface area contributed by atoms with Gasteiger partial charge in [0.2, 0.25) is 0 Å². The number of H-pyrrole nitrogens is 1. The molecule has 0 fully saturated rings. The van der Waals surface area contributed by atoms with Gasteiger partial charge in [-0.15, -0.1) is 0 Å². The van der Waals surface area contributed by atoms with Crippen molar-refractivity contribution in [2.24, 2.45) is 0 Å². The van der Waals surface area contributed by atoms with Crippen LogP contribution in [0.2, 0.25) is 5.02 Å². The van der Waals surface area contributed by atoms with Crippen molar-refractivity contribution in [3.8, 4) is 22.3 Å². The van der Waals surface area contributed by atoms with Crippen molar-refractivity contribution in [1.82, 2.24) is 4.98 Å². The van der Waals surface area contributed by atoms with Crippen LogP contribution in [0.15, 0.2) is 84.9 Å². The minimum absolute atomic E-state index is 0.745. The number of fused-ring (bicyclic) bond motifs is 3. The molecular weight excluding hydrogens is 350 g/mol. The standard InChI is InChI=1S/C25H18ClN/c1-16-6-5-9-18(12-16)19-13-22(17-7-3-2-4-8-17)25-21-11-10-20(26)15-23(21)27-24(25)14-19/h2-15,27H,1H3. The number of aromatic nitrogens is 1. The number of nitrogens with one attached hydrogen (secondary N) is 1. The Bertz CT molecular complexity index is 1280. The van der Waals surface area contributed by atoms with Crippen LogP contribution in [0.4, 0.5) is 0 Å². The zero-order chi connectivity index (χ0) is 18.4. The van der Waals surface area contributed by atoms with E-state index >= 15 is 0 Å². The number of hydrogen-bond donors (Lipinski definition) is 1. The van der Waals surface area contributed by atoms with E-state index in [0.717, 1.165) is 16.1 Å². The summed E-state index contributed by atoms with van der Waals surface area (Å²) in [6.45, 7) is 2.13. The second-order valence-corrected chi connectivity index (χ2v) is 7.43. The van der Waals surface area contributed by atoms with Crippen molar-refractivity contribution in [2.45, 2.75) is 6.92 Å². The van der Waals surface area contributed by atoms with Crippen LogP contribution >= 0.6 is 11.6 Å². The van der Waals surface area contributed by atoms with Crippen molar-refractivity contribution in [1.29, 1.82) is 0 Å². The van der Waals surface area contributed by atoms with Gasteiger partial charge in [-0.25, -0.2) is 0 Å². The summed E-state index contributed by atoms with van der Waals surface area (Å²) in [5, 5.41) is 3.18. The molecule has 1 aromatic heterocycles. The highest BCUT2D eigenvalue weighted by molar-refractivity contribution is 6.31. The summed E-state index contributed by atoms with van der Waals surface area (Å²) in [6, 6.07) is 29.8. The molecule has 0 atom stereocenters. The first-order valence-electron chi connectivity index (χ1n) is 9.06. The molecule has 27 heavy (non-hydrogen) atoms. The van der Waals surface area contributed by atoms with Crippen LogP contribution in [0.1, 0.15) is 5.56 Å². The minimum Gasteiger partial charge on any atom is -0.354 e. The predicted octanol–water partition coefficient (Wildman–Crippen LogP) is 7.62. The summed E-state index contributed by atoms with van der Waals surface area (Å²) in [4.78, 5) is 3.57. The molecule has 0 aliphatic carbocycles. The van der Waals surface area contributed by atoms with Gasteiger partial charge < -0.3 is 4.98 Å². The molecule has 1 nitrogen and oxygen atoms in total. The molecule has 0 saturated carbocycles. The maximum atomic E-state index is 6.23. The van der Waals surface area contributed by atoms with E-state index in [4.69, 9.17) is 11.6 Å². The van der Waals surface area contributed by atoms with E-state index in [1.54, 1.807) is 0 Å². The van der Waals surface area contributed by atoms with Crippen LogP contribution in [0.3, 0.4) is 0 Å². The Morgan fingerprint density at radius 1 is 0.667 bits per heavy atom.